The smallest absolute Gasteiger partial charge is 0.410 e. The Bertz CT molecular complexity index is 660. The summed E-state index contributed by atoms with van der Waals surface area (Å²) in [7, 11) is 1.66. The Balaban J connectivity index is 1.79. The molecule has 150 valence electrons. The molecule has 1 unspecified atom stereocenters. The average Bonchev–Trinajstić information content (AvgIpc) is 2.60. The Morgan fingerprint density at radius 3 is 2.78 bits per heavy atom. The van der Waals surface area contributed by atoms with Gasteiger partial charge in [0.25, 0.3) is 0 Å². The largest absolute Gasteiger partial charge is 0.444 e. The van der Waals surface area contributed by atoms with Crippen LogP contribution in [0.5, 0.6) is 0 Å². The second kappa shape index (κ2) is 9.17. The predicted octanol–water partition coefficient (Wildman–Crippen LogP) is 3.37. The summed E-state index contributed by atoms with van der Waals surface area (Å²) in [6, 6.07) is 6.27. The van der Waals surface area contributed by atoms with Crippen molar-refractivity contribution in [1.82, 2.24) is 9.80 Å². The van der Waals surface area contributed by atoms with Crippen molar-refractivity contribution in [3.63, 3.8) is 0 Å². The van der Waals surface area contributed by atoms with Gasteiger partial charge in [0.1, 0.15) is 17.5 Å². The first-order valence-corrected chi connectivity index (χ1v) is 9.24. The van der Waals surface area contributed by atoms with Gasteiger partial charge in [0.2, 0.25) is 5.91 Å². The van der Waals surface area contributed by atoms with Crippen molar-refractivity contribution in [2.24, 2.45) is 0 Å². The number of morpholine rings is 1. The van der Waals surface area contributed by atoms with E-state index in [9.17, 15) is 14.0 Å². The third-order valence-electron chi connectivity index (χ3n) is 4.23. The number of ether oxygens (including phenoxy) is 2. The molecule has 0 aliphatic carbocycles. The maximum atomic E-state index is 13.4. The first kappa shape index (κ1) is 21.2. The number of hydrogen-bond acceptors (Lipinski definition) is 4. The lowest BCUT2D eigenvalue weighted by Crippen LogP contribution is -2.42. The zero-order valence-electron chi connectivity index (χ0n) is 16.5. The van der Waals surface area contributed by atoms with E-state index in [1.54, 1.807) is 24.1 Å². The number of nitrogens with zero attached hydrogens (tertiary/aromatic N) is 2. The molecule has 0 radical (unpaired) electrons. The minimum Gasteiger partial charge on any atom is -0.444 e. The maximum absolute atomic E-state index is 13.4. The molecule has 0 saturated carbocycles. The average molecular weight is 380 g/mol. The molecule has 1 fully saturated rings. The number of halogens is 1. The summed E-state index contributed by atoms with van der Waals surface area (Å²) < 4.78 is 24.4. The van der Waals surface area contributed by atoms with Crippen molar-refractivity contribution < 1.29 is 23.5 Å². The number of amides is 2. The minimum atomic E-state index is -0.541. The lowest BCUT2D eigenvalue weighted by atomic mass is 10.1. The molecule has 1 atom stereocenters. The molecule has 2 amide bonds. The fraction of sp³-hybridized carbons (Fsp3) is 0.600. The Labute approximate surface area is 160 Å². The first-order valence-electron chi connectivity index (χ1n) is 9.24. The van der Waals surface area contributed by atoms with E-state index in [1.807, 2.05) is 20.8 Å². The van der Waals surface area contributed by atoms with Gasteiger partial charge in [-0.2, -0.15) is 0 Å². The van der Waals surface area contributed by atoms with Crippen LogP contribution in [0.4, 0.5) is 9.18 Å². The molecular formula is C20H29FN2O4. The third-order valence-corrected chi connectivity index (χ3v) is 4.23. The lowest BCUT2D eigenvalue weighted by Gasteiger charge is -2.33. The summed E-state index contributed by atoms with van der Waals surface area (Å²) in [6.45, 7) is 7.24. The molecule has 7 heteroatoms. The topological polar surface area (TPSA) is 59.1 Å². The van der Waals surface area contributed by atoms with Crippen LogP contribution in [0, 0.1) is 5.82 Å². The van der Waals surface area contributed by atoms with Gasteiger partial charge in [0.15, 0.2) is 0 Å². The van der Waals surface area contributed by atoms with Crippen LogP contribution in [0.2, 0.25) is 0 Å². The minimum absolute atomic E-state index is 0.0114. The van der Waals surface area contributed by atoms with E-state index in [4.69, 9.17) is 9.47 Å². The van der Waals surface area contributed by atoms with Crippen molar-refractivity contribution >= 4 is 12.0 Å². The van der Waals surface area contributed by atoms with Crippen LogP contribution in [0.3, 0.4) is 0 Å². The van der Waals surface area contributed by atoms with Gasteiger partial charge < -0.3 is 19.3 Å². The Morgan fingerprint density at radius 1 is 1.37 bits per heavy atom. The number of carbonyl (C=O) groups excluding carboxylic acids is 2. The van der Waals surface area contributed by atoms with E-state index < -0.39 is 11.7 Å². The highest BCUT2D eigenvalue weighted by atomic mass is 19.1. The Hall–Kier alpha value is -2.15. The third kappa shape index (κ3) is 6.82. The van der Waals surface area contributed by atoms with Crippen molar-refractivity contribution in [1.29, 1.82) is 0 Å². The SMILES string of the molecule is CN(CCCC(=O)N1CCOC(c2cccc(F)c2)C1)C(=O)OC(C)(C)C. The highest BCUT2D eigenvalue weighted by Gasteiger charge is 2.26. The molecule has 1 aromatic carbocycles. The first-order chi connectivity index (χ1) is 12.7. The van der Waals surface area contributed by atoms with Crippen molar-refractivity contribution in [2.45, 2.75) is 45.3 Å². The Kier molecular flexibility index (Phi) is 7.18. The van der Waals surface area contributed by atoms with E-state index in [0.29, 0.717) is 39.1 Å². The molecule has 1 aliphatic heterocycles. The maximum Gasteiger partial charge on any atom is 0.410 e. The fourth-order valence-corrected chi connectivity index (χ4v) is 2.84. The number of hydrogen-bond donors (Lipinski definition) is 0. The molecule has 0 N–H and O–H groups in total. The van der Waals surface area contributed by atoms with E-state index in [1.165, 1.54) is 17.0 Å². The van der Waals surface area contributed by atoms with E-state index in [2.05, 4.69) is 0 Å². The van der Waals surface area contributed by atoms with Crippen LogP contribution in [-0.2, 0) is 14.3 Å². The van der Waals surface area contributed by atoms with Gasteiger partial charge >= 0.3 is 6.09 Å². The van der Waals surface area contributed by atoms with Gasteiger partial charge in [-0.1, -0.05) is 12.1 Å². The monoisotopic (exact) mass is 380 g/mol. The summed E-state index contributed by atoms with van der Waals surface area (Å²) in [5.74, 6) is -0.304. The second-order valence-electron chi connectivity index (χ2n) is 7.76. The molecule has 1 aliphatic rings. The summed E-state index contributed by atoms with van der Waals surface area (Å²) >= 11 is 0. The Morgan fingerprint density at radius 2 is 2.11 bits per heavy atom. The van der Waals surface area contributed by atoms with Crippen LogP contribution >= 0.6 is 0 Å². The van der Waals surface area contributed by atoms with E-state index in [-0.39, 0.29) is 17.8 Å². The molecule has 0 aromatic heterocycles. The van der Waals surface area contributed by atoms with Crippen LogP contribution in [0.1, 0.15) is 45.3 Å². The summed E-state index contributed by atoms with van der Waals surface area (Å²) in [5, 5.41) is 0. The molecule has 6 nitrogen and oxygen atoms in total. The standard InChI is InChI=1S/C20H29FN2O4/c1-20(2,3)27-19(25)22(4)10-6-9-18(24)23-11-12-26-17(14-23)15-7-5-8-16(21)13-15/h5,7-8,13,17H,6,9-12,14H2,1-4H3. The van der Waals surface area contributed by atoms with Gasteiger partial charge in [0, 0.05) is 26.6 Å². The summed E-state index contributed by atoms with van der Waals surface area (Å²) in [6.07, 6.45) is 0.176. The van der Waals surface area contributed by atoms with Crippen LogP contribution in [0.25, 0.3) is 0 Å². The highest BCUT2D eigenvalue weighted by molar-refractivity contribution is 5.76. The zero-order chi connectivity index (χ0) is 20.0. The summed E-state index contributed by atoms with van der Waals surface area (Å²) in [4.78, 5) is 27.6. The molecule has 1 heterocycles. The van der Waals surface area contributed by atoms with E-state index >= 15 is 0 Å². The van der Waals surface area contributed by atoms with Gasteiger partial charge in [-0.05, 0) is 44.9 Å². The van der Waals surface area contributed by atoms with Crippen LogP contribution in [0.15, 0.2) is 24.3 Å². The van der Waals surface area contributed by atoms with Gasteiger partial charge in [0.05, 0.1) is 13.2 Å². The number of benzene rings is 1. The van der Waals surface area contributed by atoms with Crippen LogP contribution in [-0.4, -0.2) is 60.7 Å². The van der Waals surface area contributed by atoms with Gasteiger partial charge in [-0.25, -0.2) is 9.18 Å². The molecule has 0 spiro atoms. The quantitative estimate of drug-likeness (QED) is 0.786. The lowest BCUT2D eigenvalue weighted by molar-refractivity contribution is -0.139. The number of carbonyl (C=O) groups is 2. The number of rotatable bonds is 5. The van der Waals surface area contributed by atoms with Gasteiger partial charge in [-0.3, -0.25) is 4.79 Å². The van der Waals surface area contributed by atoms with E-state index in [0.717, 1.165) is 5.56 Å². The van der Waals surface area contributed by atoms with Crippen LogP contribution < -0.4 is 0 Å². The molecule has 27 heavy (non-hydrogen) atoms. The predicted molar refractivity (Wildman–Crippen MR) is 99.8 cm³/mol. The van der Waals surface area contributed by atoms with Crippen molar-refractivity contribution in [2.75, 3.05) is 33.3 Å². The van der Waals surface area contributed by atoms with Crippen molar-refractivity contribution in [3.8, 4) is 0 Å². The summed E-state index contributed by atoms with van der Waals surface area (Å²) in [5.41, 5.74) is 0.193. The second-order valence-corrected chi connectivity index (χ2v) is 7.76. The molecule has 0 bridgehead atoms. The highest BCUT2D eigenvalue weighted by Crippen LogP contribution is 2.23. The van der Waals surface area contributed by atoms with Crippen molar-refractivity contribution in [3.05, 3.63) is 35.6 Å². The zero-order valence-corrected chi connectivity index (χ0v) is 16.5. The van der Waals surface area contributed by atoms with Gasteiger partial charge in [-0.15, -0.1) is 0 Å². The molecular weight excluding hydrogens is 351 g/mol. The fourth-order valence-electron chi connectivity index (χ4n) is 2.84. The molecule has 1 aromatic rings. The molecule has 1 saturated heterocycles. The molecule has 2 rings (SSSR count). The normalized spacial score (nSPS) is 17.5.